The molecule has 0 aromatic rings. The van der Waals surface area contributed by atoms with Gasteiger partial charge in [-0.3, -0.25) is 0 Å². The maximum atomic E-state index is 11.5. The number of hydrogen-bond acceptors (Lipinski definition) is 4. The molecule has 0 aromatic carbocycles. The van der Waals surface area contributed by atoms with Crippen LogP contribution in [0, 0.1) is 0 Å². The zero-order chi connectivity index (χ0) is 15.4. The molecule has 6 unspecified atom stereocenters. The first-order valence-electron chi connectivity index (χ1n) is 5.55. The van der Waals surface area contributed by atoms with Crippen molar-refractivity contribution >= 4 is 75.7 Å². The van der Waals surface area contributed by atoms with Gasteiger partial charge in [0.15, 0.2) is 12.2 Å². The highest BCUT2D eigenvalue weighted by Crippen LogP contribution is 2.41. The number of halogens is 4. The van der Waals surface area contributed by atoms with Gasteiger partial charge in [-0.15, -0.1) is 0 Å². The molecule has 6 atom stereocenters. The van der Waals surface area contributed by atoms with E-state index < -0.39 is 24.1 Å². The molecule has 0 aliphatic heterocycles. The molecule has 1 saturated carbocycles. The van der Waals surface area contributed by atoms with E-state index in [1.54, 1.807) is 0 Å². The molecule has 112 valence electrons. The molecule has 1 rings (SSSR count). The molecule has 20 heavy (non-hydrogen) atoms. The Balaban J connectivity index is 3.02. The van der Waals surface area contributed by atoms with Crippen molar-refractivity contribution in [3.05, 3.63) is 25.3 Å². The van der Waals surface area contributed by atoms with E-state index >= 15 is 0 Å². The Morgan fingerprint density at radius 1 is 0.750 bits per heavy atom. The Morgan fingerprint density at radius 3 is 1.30 bits per heavy atom. The fourth-order valence-electron chi connectivity index (χ4n) is 1.70. The molecule has 1 aliphatic rings. The minimum Gasteiger partial charge on any atom is -0.454 e. The lowest BCUT2D eigenvalue weighted by atomic mass is 9.93. The van der Waals surface area contributed by atoms with Crippen molar-refractivity contribution in [3.8, 4) is 0 Å². The second-order valence-corrected chi connectivity index (χ2v) is 8.22. The predicted octanol–water partition coefficient (Wildman–Crippen LogP) is 3.25. The minimum atomic E-state index is -0.660. The number of ether oxygens (including phenoxy) is 2. The fourth-order valence-corrected chi connectivity index (χ4v) is 5.26. The lowest BCUT2D eigenvalue weighted by molar-refractivity contribution is -0.162. The van der Waals surface area contributed by atoms with Crippen LogP contribution in [0.25, 0.3) is 0 Å². The summed E-state index contributed by atoms with van der Waals surface area (Å²) < 4.78 is 10.6. The molecule has 0 heterocycles. The lowest BCUT2D eigenvalue weighted by Crippen LogP contribution is -2.58. The first kappa shape index (κ1) is 18.4. The summed E-state index contributed by atoms with van der Waals surface area (Å²) in [5.74, 6) is -1.15. The van der Waals surface area contributed by atoms with Gasteiger partial charge < -0.3 is 9.47 Å². The normalized spacial score (nSPS) is 36.8. The number of rotatable bonds is 4. The van der Waals surface area contributed by atoms with Gasteiger partial charge in [-0.25, -0.2) is 9.59 Å². The van der Waals surface area contributed by atoms with Gasteiger partial charge in [0.05, 0.1) is 9.65 Å². The third kappa shape index (κ3) is 4.18. The minimum absolute atomic E-state index is 0.0341. The summed E-state index contributed by atoms with van der Waals surface area (Å²) in [5.41, 5.74) is 0. The zero-order valence-electron chi connectivity index (χ0n) is 10.2. The topological polar surface area (TPSA) is 52.6 Å². The highest BCUT2D eigenvalue weighted by atomic mass is 79.9. The number of esters is 2. The van der Waals surface area contributed by atoms with Gasteiger partial charge in [0.25, 0.3) is 0 Å². The summed E-state index contributed by atoms with van der Waals surface area (Å²) in [6.45, 7) is 6.72. The van der Waals surface area contributed by atoms with E-state index in [0.717, 1.165) is 12.2 Å². The van der Waals surface area contributed by atoms with Gasteiger partial charge in [-0.05, 0) is 0 Å². The largest absolute Gasteiger partial charge is 0.454 e. The standard InChI is InChI=1S/C12H12Br4O4/c1-3-5(17)19-11-9(15)7(13)8(14)10(16)12(11)20-6(18)4-2/h3-4,7-12H,1-2H2. The molecule has 0 N–H and O–H groups in total. The third-order valence-electron chi connectivity index (χ3n) is 2.70. The van der Waals surface area contributed by atoms with Crippen LogP contribution in [-0.4, -0.2) is 43.5 Å². The van der Waals surface area contributed by atoms with Crippen molar-refractivity contribution in [2.75, 3.05) is 0 Å². The number of hydrogen-bond donors (Lipinski definition) is 0. The molecule has 0 radical (unpaired) electrons. The van der Waals surface area contributed by atoms with E-state index in [-0.39, 0.29) is 19.3 Å². The molecule has 0 spiro atoms. The molecule has 0 aromatic heterocycles. The Labute approximate surface area is 150 Å². The van der Waals surface area contributed by atoms with Gasteiger partial charge >= 0.3 is 11.9 Å². The summed E-state index contributed by atoms with van der Waals surface area (Å²) in [7, 11) is 0. The molecule has 0 amide bonds. The van der Waals surface area contributed by atoms with E-state index in [0.29, 0.717) is 0 Å². The van der Waals surface area contributed by atoms with Crippen LogP contribution in [0.5, 0.6) is 0 Å². The quantitative estimate of drug-likeness (QED) is 0.313. The summed E-state index contributed by atoms with van der Waals surface area (Å²) in [5, 5.41) is 0. The van der Waals surface area contributed by atoms with E-state index in [1.165, 1.54) is 0 Å². The smallest absolute Gasteiger partial charge is 0.330 e. The van der Waals surface area contributed by atoms with Gasteiger partial charge in [-0.2, -0.15) is 0 Å². The van der Waals surface area contributed by atoms with Crippen molar-refractivity contribution in [1.82, 2.24) is 0 Å². The van der Waals surface area contributed by atoms with Crippen LogP contribution in [-0.2, 0) is 19.1 Å². The van der Waals surface area contributed by atoms with Crippen LogP contribution in [0.4, 0.5) is 0 Å². The maximum Gasteiger partial charge on any atom is 0.330 e. The second-order valence-electron chi connectivity index (χ2n) is 3.99. The van der Waals surface area contributed by atoms with Gasteiger partial charge in [0, 0.05) is 21.8 Å². The van der Waals surface area contributed by atoms with Crippen LogP contribution in [0.3, 0.4) is 0 Å². The van der Waals surface area contributed by atoms with Crippen molar-refractivity contribution in [2.45, 2.75) is 31.5 Å². The average Bonchev–Trinajstić information content (AvgIpc) is 2.45. The molecule has 4 nitrogen and oxygen atoms in total. The third-order valence-corrected chi connectivity index (χ3v) is 9.29. The molecular formula is C12H12Br4O4. The van der Waals surface area contributed by atoms with E-state index in [4.69, 9.17) is 9.47 Å². The van der Waals surface area contributed by atoms with E-state index in [2.05, 4.69) is 76.9 Å². The van der Waals surface area contributed by atoms with Crippen molar-refractivity contribution in [3.63, 3.8) is 0 Å². The van der Waals surface area contributed by atoms with Crippen molar-refractivity contribution in [2.24, 2.45) is 0 Å². The molecular weight excluding hydrogens is 528 g/mol. The van der Waals surface area contributed by atoms with Crippen molar-refractivity contribution < 1.29 is 19.1 Å². The van der Waals surface area contributed by atoms with Crippen LogP contribution in [0.15, 0.2) is 25.3 Å². The van der Waals surface area contributed by atoms with E-state index in [9.17, 15) is 9.59 Å². The van der Waals surface area contributed by atoms with E-state index in [1.807, 2.05) is 0 Å². The van der Waals surface area contributed by atoms with Gasteiger partial charge in [0.2, 0.25) is 0 Å². The Hall–Kier alpha value is 0.340. The average molecular weight is 540 g/mol. The summed E-state index contributed by atoms with van der Waals surface area (Å²) in [4.78, 5) is 22.4. The number of carbonyl (C=O) groups excluding carboxylic acids is 2. The first-order valence-corrected chi connectivity index (χ1v) is 9.22. The first-order chi connectivity index (χ1) is 9.33. The Morgan fingerprint density at radius 2 is 1.05 bits per heavy atom. The Bertz CT molecular complexity index is 376. The van der Waals surface area contributed by atoms with Crippen LogP contribution < -0.4 is 0 Å². The molecule has 1 fully saturated rings. The zero-order valence-corrected chi connectivity index (χ0v) is 16.5. The number of alkyl halides is 4. The summed E-state index contributed by atoms with van der Waals surface area (Å²) in [6, 6.07) is 0. The number of carbonyl (C=O) groups is 2. The molecule has 1 aliphatic carbocycles. The molecule has 8 heteroatoms. The molecule has 0 bridgehead atoms. The lowest BCUT2D eigenvalue weighted by Gasteiger charge is -2.42. The summed E-state index contributed by atoms with van der Waals surface area (Å²) >= 11 is 14.0. The fraction of sp³-hybridized carbons (Fsp3) is 0.500. The highest BCUT2D eigenvalue weighted by molar-refractivity contribution is 9.14. The molecule has 0 saturated heterocycles. The SMILES string of the molecule is C=CC(=O)OC1C(Br)C(Br)C(Br)C(Br)C1OC(=O)C=C. The summed E-state index contributed by atoms with van der Waals surface area (Å²) in [6.07, 6.45) is 0.816. The van der Waals surface area contributed by atoms with Gasteiger partial charge in [-0.1, -0.05) is 76.9 Å². The van der Waals surface area contributed by atoms with Crippen LogP contribution in [0.1, 0.15) is 0 Å². The van der Waals surface area contributed by atoms with Crippen LogP contribution in [0.2, 0.25) is 0 Å². The Kier molecular flexibility index (Phi) is 7.45. The highest BCUT2D eigenvalue weighted by Gasteiger charge is 2.51. The predicted molar refractivity (Wildman–Crippen MR) is 91.0 cm³/mol. The monoisotopic (exact) mass is 536 g/mol. The maximum absolute atomic E-state index is 11.5. The second kappa shape index (κ2) is 8.10. The van der Waals surface area contributed by atoms with Gasteiger partial charge in [0.1, 0.15) is 0 Å². The van der Waals surface area contributed by atoms with Crippen molar-refractivity contribution in [1.29, 1.82) is 0 Å². The van der Waals surface area contributed by atoms with Crippen LogP contribution >= 0.6 is 63.7 Å².